The molecule has 0 atom stereocenters. The number of hydrogen-bond donors (Lipinski definition) is 1. The number of carbonyl (C=O) groups excluding carboxylic acids is 1. The van der Waals surface area contributed by atoms with Gasteiger partial charge in [-0.25, -0.2) is 9.78 Å². The summed E-state index contributed by atoms with van der Waals surface area (Å²) in [6.45, 7) is 3.54. The van der Waals surface area contributed by atoms with Crippen LogP contribution in [0.2, 0.25) is 0 Å². The summed E-state index contributed by atoms with van der Waals surface area (Å²) in [6, 6.07) is 11.6. The number of likely N-dealkylation sites (tertiary alicyclic amines) is 1. The standard InChI is InChI=1S/C21H24N2O3/c1-15-2-4-16(5-3-15)6-7-17-9-12-23(13-10-17)20(24)18-8-11-22-19(14-18)21(25)26/h2-5,8,11,14,17H,6-7,9-10,12-13H2,1H3,(H,25,26). The Kier molecular flexibility index (Phi) is 5.66. The van der Waals surface area contributed by atoms with Crippen LogP contribution in [-0.4, -0.2) is 40.0 Å². The highest BCUT2D eigenvalue weighted by Gasteiger charge is 2.24. The van der Waals surface area contributed by atoms with E-state index in [1.54, 1.807) is 6.07 Å². The normalized spacial score (nSPS) is 15.0. The van der Waals surface area contributed by atoms with Crippen LogP contribution >= 0.6 is 0 Å². The van der Waals surface area contributed by atoms with E-state index in [2.05, 4.69) is 36.2 Å². The van der Waals surface area contributed by atoms with Crippen molar-refractivity contribution in [2.75, 3.05) is 13.1 Å². The Morgan fingerprint density at radius 2 is 1.85 bits per heavy atom. The van der Waals surface area contributed by atoms with Gasteiger partial charge in [0.2, 0.25) is 0 Å². The fourth-order valence-electron chi connectivity index (χ4n) is 3.41. The van der Waals surface area contributed by atoms with Crippen LogP contribution in [0.5, 0.6) is 0 Å². The molecule has 5 heteroatoms. The Hall–Kier alpha value is -2.69. The lowest BCUT2D eigenvalue weighted by molar-refractivity contribution is 0.0686. The first-order valence-corrected chi connectivity index (χ1v) is 9.07. The summed E-state index contributed by atoms with van der Waals surface area (Å²) in [7, 11) is 0. The fourth-order valence-corrected chi connectivity index (χ4v) is 3.41. The number of hydrogen-bond acceptors (Lipinski definition) is 3. The van der Waals surface area contributed by atoms with E-state index < -0.39 is 5.97 Å². The van der Waals surface area contributed by atoms with Gasteiger partial charge < -0.3 is 10.0 Å². The minimum absolute atomic E-state index is 0.0937. The van der Waals surface area contributed by atoms with Gasteiger partial charge in [0.25, 0.3) is 5.91 Å². The monoisotopic (exact) mass is 352 g/mol. The molecular weight excluding hydrogens is 328 g/mol. The molecule has 3 rings (SSSR count). The first-order valence-electron chi connectivity index (χ1n) is 9.07. The third-order valence-corrected chi connectivity index (χ3v) is 5.09. The minimum Gasteiger partial charge on any atom is -0.477 e. The van der Waals surface area contributed by atoms with Gasteiger partial charge in [-0.15, -0.1) is 0 Å². The molecule has 0 aliphatic carbocycles. The van der Waals surface area contributed by atoms with Gasteiger partial charge in [0.1, 0.15) is 5.69 Å². The van der Waals surface area contributed by atoms with Crippen molar-refractivity contribution in [1.29, 1.82) is 0 Å². The van der Waals surface area contributed by atoms with E-state index in [0.717, 1.165) is 38.8 Å². The summed E-state index contributed by atoms with van der Waals surface area (Å²) in [5.41, 5.74) is 2.95. The van der Waals surface area contributed by atoms with Crippen molar-refractivity contribution in [3.8, 4) is 0 Å². The maximum atomic E-state index is 12.6. The fraction of sp³-hybridized carbons (Fsp3) is 0.381. The van der Waals surface area contributed by atoms with E-state index in [0.29, 0.717) is 11.5 Å². The SMILES string of the molecule is Cc1ccc(CCC2CCN(C(=O)c3ccnc(C(=O)O)c3)CC2)cc1. The number of nitrogens with zero attached hydrogens (tertiary/aromatic N) is 2. The minimum atomic E-state index is -1.12. The van der Waals surface area contributed by atoms with E-state index in [4.69, 9.17) is 5.11 Å². The number of rotatable bonds is 5. The number of carboxylic acid groups (broad SMARTS) is 1. The van der Waals surface area contributed by atoms with Crippen LogP contribution < -0.4 is 0 Å². The van der Waals surface area contributed by atoms with Gasteiger partial charge >= 0.3 is 5.97 Å². The molecule has 1 amide bonds. The van der Waals surface area contributed by atoms with Crippen molar-refractivity contribution in [3.63, 3.8) is 0 Å². The summed E-state index contributed by atoms with van der Waals surface area (Å²) >= 11 is 0. The maximum absolute atomic E-state index is 12.6. The van der Waals surface area contributed by atoms with Crippen LogP contribution in [0.3, 0.4) is 0 Å². The van der Waals surface area contributed by atoms with Crippen LogP contribution in [0, 0.1) is 12.8 Å². The number of carboxylic acids is 1. The number of aryl methyl sites for hydroxylation is 2. The zero-order chi connectivity index (χ0) is 18.5. The predicted octanol–water partition coefficient (Wildman–Crippen LogP) is 3.57. The van der Waals surface area contributed by atoms with E-state index in [1.165, 1.54) is 23.4 Å². The molecule has 0 unspecified atom stereocenters. The quantitative estimate of drug-likeness (QED) is 0.893. The van der Waals surface area contributed by atoms with E-state index in [9.17, 15) is 9.59 Å². The van der Waals surface area contributed by atoms with E-state index in [1.807, 2.05) is 4.90 Å². The first-order chi connectivity index (χ1) is 12.5. The van der Waals surface area contributed by atoms with Gasteiger partial charge in [-0.05, 0) is 56.2 Å². The molecule has 0 radical (unpaired) electrons. The molecular formula is C21H24N2O3. The first kappa shape index (κ1) is 18.1. The largest absolute Gasteiger partial charge is 0.477 e. The molecule has 1 saturated heterocycles. The molecule has 5 nitrogen and oxygen atoms in total. The van der Waals surface area contributed by atoms with Gasteiger partial charge in [0, 0.05) is 24.8 Å². The molecule has 1 aliphatic rings. The molecule has 1 aromatic carbocycles. The van der Waals surface area contributed by atoms with Crippen molar-refractivity contribution < 1.29 is 14.7 Å². The molecule has 2 heterocycles. The maximum Gasteiger partial charge on any atom is 0.354 e. The second kappa shape index (κ2) is 8.13. The lowest BCUT2D eigenvalue weighted by Crippen LogP contribution is -2.38. The van der Waals surface area contributed by atoms with Crippen LogP contribution in [0.1, 0.15) is 51.2 Å². The average molecular weight is 352 g/mol. The molecule has 26 heavy (non-hydrogen) atoms. The molecule has 0 spiro atoms. The number of aromatic nitrogens is 1. The molecule has 0 saturated carbocycles. The number of benzene rings is 1. The molecule has 1 fully saturated rings. The topological polar surface area (TPSA) is 70.5 Å². The van der Waals surface area contributed by atoms with Crippen molar-refractivity contribution in [3.05, 3.63) is 65.0 Å². The highest BCUT2D eigenvalue weighted by molar-refractivity contribution is 5.96. The molecule has 1 aliphatic heterocycles. The van der Waals surface area contributed by atoms with Gasteiger partial charge in [0.05, 0.1) is 0 Å². The highest BCUT2D eigenvalue weighted by atomic mass is 16.4. The zero-order valence-corrected chi connectivity index (χ0v) is 15.0. The van der Waals surface area contributed by atoms with Crippen molar-refractivity contribution >= 4 is 11.9 Å². The van der Waals surface area contributed by atoms with E-state index >= 15 is 0 Å². The summed E-state index contributed by atoms with van der Waals surface area (Å²) in [5.74, 6) is -0.589. The Morgan fingerprint density at radius 1 is 1.15 bits per heavy atom. The number of amides is 1. The number of carbonyl (C=O) groups is 2. The van der Waals surface area contributed by atoms with Crippen molar-refractivity contribution in [1.82, 2.24) is 9.88 Å². The molecule has 1 N–H and O–H groups in total. The van der Waals surface area contributed by atoms with Crippen LogP contribution in [-0.2, 0) is 6.42 Å². The summed E-state index contributed by atoms with van der Waals surface area (Å²) in [4.78, 5) is 29.2. The number of pyridine rings is 1. The summed E-state index contributed by atoms with van der Waals surface area (Å²) < 4.78 is 0. The number of aromatic carboxylic acids is 1. The Balaban J connectivity index is 1.51. The predicted molar refractivity (Wildman–Crippen MR) is 99.3 cm³/mol. The Bertz CT molecular complexity index is 778. The second-order valence-electron chi connectivity index (χ2n) is 6.99. The lowest BCUT2D eigenvalue weighted by atomic mass is 9.90. The van der Waals surface area contributed by atoms with Gasteiger partial charge in [-0.1, -0.05) is 29.8 Å². The van der Waals surface area contributed by atoms with E-state index in [-0.39, 0.29) is 11.6 Å². The molecule has 0 bridgehead atoms. The van der Waals surface area contributed by atoms with Gasteiger partial charge in [0.15, 0.2) is 0 Å². The highest BCUT2D eigenvalue weighted by Crippen LogP contribution is 2.23. The number of piperidine rings is 1. The average Bonchev–Trinajstić information content (AvgIpc) is 2.67. The zero-order valence-electron chi connectivity index (χ0n) is 15.0. The molecule has 136 valence electrons. The third-order valence-electron chi connectivity index (χ3n) is 5.09. The molecule has 1 aromatic heterocycles. The van der Waals surface area contributed by atoms with Crippen molar-refractivity contribution in [2.45, 2.75) is 32.6 Å². The second-order valence-corrected chi connectivity index (χ2v) is 6.99. The van der Waals surface area contributed by atoms with Gasteiger partial charge in [-0.2, -0.15) is 0 Å². The third kappa shape index (κ3) is 4.48. The molecule has 2 aromatic rings. The smallest absolute Gasteiger partial charge is 0.354 e. The summed E-state index contributed by atoms with van der Waals surface area (Å²) in [6.07, 6.45) is 5.59. The van der Waals surface area contributed by atoms with Crippen LogP contribution in [0.15, 0.2) is 42.6 Å². The van der Waals surface area contributed by atoms with Crippen molar-refractivity contribution in [2.24, 2.45) is 5.92 Å². The van der Waals surface area contributed by atoms with Crippen LogP contribution in [0.4, 0.5) is 0 Å². The lowest BCUT2D eigenvalue weighted by Gasteiger charge is -2.32. The Labute approximate surface area is 153 Å². The Morgan fingerprint density at radius 3 is 2.50 bits per heavy atom. The van der Waals surface area contributed by atoms with Crippen LogP contribution in [0.25, 0.3) is 0 Å². The van der Waals surface area contributed by atoms with Gasteiger partial charge in [-0.3, -0.25) is 4.79 Å². The summed E-state index contributed by atoms with van der Waals surface area (Å²) in [5, 5.41) is 9.02.